The Morgan fingerprint density at radius 1 is 1.44 bits per heavy atom. The van der Waals surface area contributed by atoms with E-state index in [1.165, 1.54) is 0 Å². The first-order valence-electron chi connectivity index (χ1n) is 5.99. The van der Waals surface area contributed by atoms with Crippen LogP contribution in [0.2, 0.25) is 0 Å². The normalized spacial score (nSPS) is 23.7. The highest BCUT2D eigenvalue weighted by atomic mass is 16.6. The standard InChI is InChI=1S/C12H21NO5/c1-11(2,3)18-10(16)13-7-12(6-9(14)15)4-5-17-8-12/h4-8H2,1-3H3,(H,13,16)(H,14,15). The molecule has 6 heteroatoms. The summed E-state index contributed by atoms with van der Waals surface area (Å²) < 4.78 is 10.3. The van der Waals surface area contributed by atoms with Gasteiger partial charge in [0.15, 0.2) is 0 Å². The average molecular weight is 259 g/mol. The summed E-state index contributed by atoms with van der Waals surface area (Å²) in [7, 11) is 0. The van der Waals surface area contributed by atoms with Gasteiger partial charge in [-0.05, 0) is 27.2 Å². The van der Waals surface area contributed by atoms with Gasteiger partial charge >= 0.3 is 12.1 Å². The van der Waals surface area contributed by atoms with E-state index >= 15 is 0 Å². The first-order chi connectivity index (χ1) is 8.22. The van der Waals surface area contributed by atoms with Gasteiger partial charge in [-0.25, -0.2) is 4.79 Å². The zero-order valence-electron chi connectivity index (χ0n) is 11.1. The van der Waals surface area contributed by atoms with Crippen LogP contribution in [-0.2, 0) is 14.3 Å². The zero-order chi connectivity index (χ0) is 13.8. The molecule has 6 nitrogen and oxygen atoms in total. The summed E-state index contributed by atoms with van der Waals surface area (Å²) in [5, 5.41) is 11.5. The minimum absolute atomic E-state index is 0.0111. The molecule has 1 atom stereocenters. The molecular weight excluding hydrogens is 238 g/mol. The Bertz CT molecular complexity index is 315. The second-order valence-corrected chi connectivity index (χ2v) is 5.73. The van der Waals surface area contributed by atoms with E-state index in [0.29, 0.717) is 19.6 Å². The molecule has 1 fully saturated rings. The highest BCUT2D eigenvalue weighted by molar-refractivity contribution is 5.69. The molecule has 0 aromatic rings. The number of ether oxygens (including phenoxy) is 2. The van der Waals surface area contributed by atoms with Gasteiger partial charge in [-0.1, -0.05) is 0 Å². The molecule has 0 aromatic heterocycles. The molecule has 104 valence electrons. The Morgan fingerprint density at radius 3 is 2.56 bits per heavy atom. The number of amides is 1. The number of carboxylic acid groups (broad SMARTS) is 1. The molecule has 1 aliphatic rings. The smallest absolute Gasteiger partial charge is 0.407 e. The van der Waals surface area contributed by atoms with Gasteiger partial charge in [-0.15, -0.1) is 0 Å². The largest absolute Gasteiger partial charge is 0.481 e. The van der Waals surface area contributed by atoms with Crippen LogP contribution < -0.4 is 5.32 Å². The Kier molecular flexibility index (Phi) is 4.56. The molecular formula is C12H21NO5. The fraction of sp³-hybridized carbons (Fsp3) is 0.833. The van der Waals surface area contributed by atoms with Crippen molar-refractivity contribution in [2.45, 2.75) is 39.2 Å². The van der Waals surface area contributed by atoms with Crippen molar-refractivity contribution in [1.82, 2.24) is 5.32 Å². The van der Waals surface area contributed by atoms with E-state index in [0.717, 1.165) is 0 Å². The fourth-order valence-electron chi connectivity index (χ4n) is 1.89. The maximum absolute atomic E-state index is 11.5. The molecule has 1 heterocycles. The summed E-state index contributed by atoms with van der Waals surface area (Å²) in [5.41, 5.74) is -1.07. The van der Waals surface area contributed by atoms with Crippen LogP contribution in [0.15, 0.2) is 0 Å². The second-order valence-electron chi connectivity index (χ2n) is 5.73. The molecule has 0 spiro atoms. The van der Waals surface area contributed by atoms with Crippen LogP contribution in [-0.4, -0.2) is 42.5 Å². The van der Waals surface area contributed by atoms with Gasteiger partial charge in [-0.2, -0.15) is 0 Å². The summed E-state index contributed by atoms with van der Waals surface area (Å²) >= 11 is 0. The molecule has 1 aliphatic heterocycles. The molecule has 1 unspecified atom stereocenters. The lowest BCUT2D eigenvalue weighted by Gasteiger charge is -2.27. The molecule has 1 rings (SSSR count). The highest BCUT2D eigenvalue weighted by Crippen LogP contribution is 2.31. The van der Waals surface area contributed by atoms with E-state index in [4.69, 9.17) is 14.6 Å². The molecule has 0 aliphatic carbocycles. The van der Waals surface area contributed by atoms with Gasteiger partial charge in [0.05, 0.1) is 13.0 Å². The van der Waals surface area contributed by atoms with E-state index in [1.807, 2.05) is 0 Å². The van der Waals surface area contributed by atoms with Crippen molar-refractivity contribution in [2.75, 3.05) is 19.8 Å². The van der Waals surface area contributed by atoms with E-state index in [9.17, 15) is 9.59 Å². The van der Waals surface area contributed by atoms with Crippen LogP contribution in [0.1, 0.15) is 33.6 Å². The maximum atomic E-state index is 11.5. The van der Waals surface area contributed by atoms with Crippen molar-refractivity contribution >= 4 is 12.1 Å². The Balaban J connectivity index is 2.48. The van der Waals surface area contributed by atoms with Crippen molar-refractivity contribution in [3.05, 3.63) is 0 Å². The summed E-state index contributed by atoms with van der Waals surface area (Å²) in [6, 6.07) is 0. The quantitative estimate of drug-likeness (QED) is 0.797. The van der Waals surface area contributed by atoms with Crippen LogP contribution in [0, 0.1) is 5.41 Å². The van der Waals surface area contributed by atoms with E-state index in [2.05, 4.69) is 5.32 Å². The van der Waals surface area contributed by atoms with Gasteiger partial charge < -0.3 is 19.9 Å². The minimum Gasteiger partial charge on any atom is -0.481 e. The van der Waals surface area contributed by atoms with Gasteiger partial charge in [-0.3, -0.25) is 4.79 Å². The topological polar surface area (TPSA) is 84.9 Å². The molecule has 0 saturated carbocycles. The zero-order valence-corrected chi connectivity index (χ0v) is 11.1. The van der Waals surface area contributed by atoms with Crippen LogP contribution in [0.5, 0.6) is 0 Å². The first-order valence-corrected chi connectivity index (χ1v) is 5.99. The van der Waals surface area contributed by atoms with Crippen LogP contribution >= 0.6 is 0 Å². The third kappa shape index (κ3) is 4.91. The number of nitrogens with one attached hydrogen (secondary N) is 1. The molecule has 2 N–H and O–H groups in total. The number of alkyl carbamates (subject to hydrolysis) is 1. The van der Waals surface area contributed by atoms with E-state index in [-0.39, 0.29) is 13.0 Å². The van der Waals surface area contributed by atoms with Crippen molar-refractivity contribution in [3.8, 4) is 0 Å². The predicted molar refractivity (Wildman–Crippen MR) is 64.4 cm³/mol. The lowest BCUT2D eigenvalue weighted by Crippen LogP contribution is -2.41. The summed E-state index contributed by atoms with van der Waals surface area (Å²) in [5.74, 6) is -0.883. The Hall–Kier alpha value is -1.30. The van der Waals surface area contributed by atoms with Crippen LogP contribution in [0.4, 0.5) is 4.79 Å². The third-order valence-electron chi connectivity index (χ3n) is 2.72. The van der Waals surface area contributed by atoms with Crippen LogP contribution in [0.25, 0.3) is 0 Å². The molecule has 1 amide bonds. The minimum atomic E-state index is -0.883. The van der Waals surface area contributed by atoms with Crippen molar-refractivity contribution in [2.24, 2.45) is 5.41 Å². The molecule has 1 saturated heterocycles. The average Bonchev–Trinajstić information content (AvgIpc) is 2.60. The SMILES string of the molecule is CC(C)(C)OC(=O)NCC1(CC(=O)O)CCOC1. The molecule has 0 aromatic carbocycles. The molecule has 0 radical (unpaired) electrons. The predicted octanol–water partition coefficient (Wildman–Crippen LogP) is 1.39. The van der Waals surface area contributed by atoms with Crippen molar-refractivity contribution in [3.63, 3.8) is 0 Å². The lowest BCUT2D eigenvalue weighted by molar-refractivity contribution is -0.139. The van der Waals surface area contributed by atoms with Gasteiger partial charge in [0, 0.05) is 18.6 Å². The third-order valence-corrected chi connectivity index (χ3v) is 2.72. The van der Waals surface area contributed by atoms with Crippen molar-refractivity contribution in [1.29, 1.82) is 0 Å². The van der Waals surface area contributed by atoms with E-state index < -0.39 is 23.1 Å². The maximum Gasteiger partial charge on any atom is 0.407 e. The number of rotatable bonds is 4. The number of hydrogen-bond acceptors (Lipinski definition) is 4. The number of carbonyl (C=O) groups is 2. The summed E-state index contributed by atoms with van der Waals surface area (Å²) in [6.45, 7) is 6.47. The first kappa shape index (κ1) is 14.8. The number of hydrogen-bond donors (Lipinski definition) is 2. The van der Waals surface area contributed by atoms with Gasteiger partial charge in [0.25, 0.3) is 0 Å². The van der Waals surface area contributed by atoms with Crippen molar-refractivity contribution < 1.29 is 24.2 Å². The highest BCUT2D eigenvalue weighted by Gasteiger charge is 2.37. The lowest BCUT2D eigenvalue weighted by atomic mass is 9.84. The number of carboxylic acids is 1. The summed E-state index contributed by atoms with van der Waals surface area (Å²) in [6.07, 6.45) is 0.0944. The van der Waals surface area contributed by atoms with E-state index in [1.54, 1.807) is 20.8 Å². The number of aliphatic carboxylic acids is 1. The Morgan fingerprint density at radius 2 is 2.11 bits per heavy atom. The van der Waals surface area contributed by atoms with Gasteiger partial charge in [0.2, 0.25) is 0 Å². The Labute approximate surface area is 107 Å². The summed E-state index contributed by atoms with van der Waals surface area (Å²) in [4.78, 5) is 22.4. The monoisotopic (exact) mass is 259 g/mol. The molecule has 18 heavy (non-hydrogen) atoms. The molecule has 0 bridgehead atoms. The second kappa shape index (κ2) is 5.56. The number of carbonyl (C=O) groups excluding carboxylic acids is 1. The van der Waals surface area contributed by atoms with Crippen LogP contribution in [0.3, 0.4) is 0 Å². The van der Waals surface area contributed by atoms with Gasteiger partial charge in [0.1, 0.15) is 5.60 Å². The fourth-order valence-corrected chi connectivity index (χ4v) is 1.89.